The quantitative estimate of drug-likeness (QED) is 0.496. The number of aromatic hydroxyl groups is 1. The fourth-order valence-electron chi connectivity index (χ4n) is 4.33. The molecule has 4 rings (SSSR count). The molecule has 2 N–H and O–H groups in total. The van der Waals surface area contributed by atoms with Crippen LogP contribution in [-0.4, -0.2) is 50.4 Å². The van der Waals surface area contributed by atoms with Crippen LogP contribution in [0.25, 0.3) is 0 Å². The molecule has 0 spiro atoms. The minimum atomic E-state index is -0.253. The third kappa shape index (κ3) is 5.59. The summed E-state index contributed by atoms with van der Waals surface area (Å²) in [6.07, 6.45) is 3.02. The van der Waals surface area contributed by atoms with Crippen LogP contribution in [0.1, 0.15) is 61.0 Å². The van der Waals surface area contributed by atoms with Crippen molar-refractivity contribution in [3.8, 4) is 11.5 Å². The molecule has 1 aliphatic rings. The number of rotatable bonds is 9. The Kier molecular flexibility index (Phi) is 7.52. The highest BCUT2D eigenvalue weighted by Crippen LogP contribution is 2.28. The van der Waals surface area contributed by atoms with Gasteiger partial charge in [-0.2, -0.15) is 0 Å². The molecule has 9 heteroatoms. The fraction of sp³-hybridized carbons (Fsp3) is 0.480. The molecule has 1 aromatic carbocycles. The number of carbonyl (C=O) groups is 1. The van der Waals surface area contributed by atoms with Crippen LogP contribution in [0.4, 0.5) is 0 Å². The maximum absolute atomic E-state index is 12.7. The van der Waals surface area contributed by atoms with Crippen molar-refractivity contribution in [3.63, 3.8) is 0 Å². The first-order valence-electron chi connectivity index (χ1n) is 11.9. The molecule has 1 aliphatic heterocycles. The minimum absolute atomic E-state index is 0.158. The predicted molar refractivity (Wildman–Crippen MR) is 127 cm³/mol. The number of nitrogens with one attached hydrogen (secondary N) is 1. The van der Waals surface area contributed by atoms with E-state index in [4.69, 9.17) is 9.15 Å². The number of phenols is 1. The van der Waals surface area contributed by atoms with E-state index in [1.54, 1.807) is 18.2 Å². The van der Waals surface area contributed by atoms with E-state index in [1.807, 2.05) is 19.1 Å². The molecule has 34 heavy (non-hydrogen) atoms. The Morgan fingerprint density at radius 1 is 1.24 bits per heavy atom. The third-order valence-electron chi connectivity index (χ3n) is 5.95. The average molecular weight is 468 g/mol. The van der Waals surface area contributed by atoms with Gasteiger partial charge in [0.05, 0.1) is 18.9 Å². The first-order valence-corrected chi connectivity index (χ1v) is 11.9. The lowest BCUT2D eigenvalue weighted by Crippen LogP contribution is -2.32. The van der Waals surface area contributed by atoms with Crippen molar-refractivity contribution in [2.45, 2.75) is 52.7 Å². The van der Waals surface area contributed by atoms with Gasteiger partial charge in [-0.15, -0.1) is 10.2 Å². The summed E-state index contributed by atoms with van der Waals surface area (Å²) < 4.78 is 12.9. The fourth-order valence-corrected chi connectivity index (χ4v) is 4.33. The number of furan rings is 1. The molecule has 0 fully saturated rings. The van der Waals surface area contributed by atoms with Gasteiger partial charge in [-0.05, 0) is 49.1 Å². The van der Waals surface area contributed by atoms with E-state index in [2.05, 4.69) is 38.8 Å². The minimum Gasteiger partial charge on any atom is -0.504 e. The Hall–Kier alpha value is -3.33. The standard InChI is InChI=1S/C25H33N5O4/c1-4-33-22-15-18(7-8-20(22)31)16-29-10-9-23-27-28-24(30(23)12-11-29)19(14-17(2)3)26-25(32)21-6-5-13-34-21/h5-8,13,15,17,19,31H,4,9-12,14,16H2,1-3H3,(H,26,32). The number of aromatic nitrogens is 3. The van der Waals surface area contributed by atoms with Crippen molar-refractivity contribution in [1.82, 2.24) is 25.0 Å². The van der Waals surface area contributed by atoms with Gasteiger partial charge in [-0.25, -0.2) is 0 Å². The van der Waals surface area contributed by atoms with E-state index in [-0.39, 0.29) is 23.5 Å². The molecular formula is C25H33N5O4. The van der Waals surface area contributed by atoms with Crippen molar-refractivity contribution >= 4 is 5.91 Å². The lowest BCUT2D eigenvalue weighted by Gasteiger charge is -2.22. The molecule has 1 unspecified atom stereocenters. The molecule has 0 saturated heterocycles. The molecule has 0 radical (unpaired) electrons. The van der Waals surface area contributed by atoms with Gasteiger partial charge in [0.25, 0.3) is 5.91 Å². The second-order valence-corrected chi connectivity index (χ2v) is 9.02. The van der Waals surface area contributed by atoms with E-state index in [9.17, 15) is 9.90 Å². The maximum Gasteiger partial charge on any atom is 0.287 e. The van der Waals surface area contributed by atoms with Crippen molar-refractivity contribution in [2.75, 3.05) is 19.7 Å². The highest BCUT2D eigenvalue weighted by molar-refractivity contribution is 5.91. The normalized spacial score (nSPS) is 15.1. The van der Waals surface area contributed by atoms with Gasteiger partial charge in [-0.3, -0.25) is 9.69 Å². The van der Waals surface area contributed by atoms with Crippen LogP contribution < -0.4 is 10.1 Å². The number of carbonyl (C=O) groups excluding carboxylic acids is 1. The van der Waals surface area contributed by atoms with Gasteiger partial charge in [0, 0.05) is 32.6 Å². The van der Waals surface area contributed by atoms with Gasteiger partial charge in [0.15, 0.2) is 23.1 Å². The molecule has 3 aromatic rings. The largest absolute Gasteiger partial charge is 0.504 e. The first kappa shape index (κ1) is 23.8. The molecule has 0 bridgehead atoms. The van der Waals surface area contributed by atoms with Crippen LogP contribution in [0.2, 0.25) is 0 Å². The lowest BCUT2D eigenvalue weighted by atomic mass is 10.0. The average Bonchev–Trinajstić information content (AvgIpc) is 3.44. The van der Waals surface area contributed by atoms with Crippen LogP contribution in [0.3, 0.4) is 0 Å². The van der Waals surface area contributed by atoms with Gasteiger partial charge in [-0.1, -0.05) is 19.9 Å². The van der Waals surface area contributed by atoms with Gasteiger partial charge >= 0.3 is 0 Å². The number of fused-ring (bicyclic) bond motifs is 1. The van der Waals surface area contributed by atoms with Gasteiger partial charge < -0.3 is 24.1 Å². The number of hydrogen-bond acceptors (Lipinski definition) is 7. The molecule has 3 heterocycles. The Morgan fingerprint density at radius 2 is 2.09 bits per heavy atom. The zero-order chi connectivity index (χ0) is 24.1. The van der Waals surface area contributed by atoms with Crippen LogP contribution in [0.5, 0.6) is 11.5 Å². The summed E-state index contributed by atoms with van der Waals surface area (Å²) in [7, 11) is 0. The topological polar surface area (TPSA) is 106 Å². The maximum atomic E-state index is 12.7. The summed E-state index contributed by atoms with van der Waals surface area (Å²) in [6, 6.07) is 8.62. The molecule has 1 amide bonds. The van der Waals surface area contributed by atoms with Gasteiger partial charge in [0.2, 0.25) is 0 Å². The second-order valence-electron chi connectivity index (χ2n) is 9.02. The molecule has 0 aliphatic carbocycles. The van der Waals surface area contributed by atoms with Crippen molar-refractivity contribution in [2.24, 2.45) is 5.92 Å². The summed E-state index contributed by atoms with van der Waals surface area (Å²) >= 11 is 0. The molecular weight excluding hydrogens is 434 g/mol. The third-order valence-corrected chi connectivity index (χ3v) is 5.95. The summed E-state index contributed by atoms with van der Waals surface area (Å²) in [4.78, 5) is 15.0. The second kappa shape index (κ2) is 10.7. The van der Waals surface area contributed by atoms with Crippen LogP contribution >= 0.6 is 0 Å². The summed E-state index contributed by atoms with van der Waals surface area (Å²) in [5, 5.41) is 22.0. The Morgan fingerprint density at radius 3 is 2.82 bits per heavy atom. The highest BCUT2D eigenvalue weighted by atomic mass is 16.5. The molecule has 9 nitrogen and oxygen atoms in total. The van der Waals surface area contributed by atoms with E-state index < -0.39 is 0 Å². The molecule has 182 valence electrons. The van der Waals surface area contributed by atoms with Crippen molar-refractivity contribution in [3.05, 3.63) is 59.6 Å². The van der Waals surface area contributed by atoms with Gasteiger partial charge in [0.1, 0.15) is 5.82 Å². The highest BCUT2D eigenvalue weighted by Gasteiger charge is 2.27. The summed E-state index contributed by atoms with van der Waals surface area (Å²) in [6.45, 7) is 9.81. The monoisotopic (exact) mass is 467 g/mol. The number of ether oxygens (including phenoxy) is 1. The predicted octanol–water partition coefficient (Wildman–Crippen LogP) is 3.55. The number of hydrogen-bond donors (Lipinski definition) is 2. The zero-order valence-corrected chi connectivity index (χ0v) is 20.0. The Bertz CT molecular complexity index is 1090. The molecule has 2 aromatic heterocycles. The van der Waals surface area contributed by atoms with Crippen molar-refractivity contribution in [1.29, 1.82) is 0 Å². The van der Waals surface area contributed by atoms with Crippen LogP contribution in [-0.2, 0) is 19.5 Å². The Balaban J connectivity index is 1.47. The van der Waals surface area contributed by atoms with E-state index in [0.717, 1.165) is 56.2 Å². The first-order chi connectivity index (χ1) is 16.4. The summed E-state index contributed by atoms with van der Waals surface area (Å²) in [5.74, 6) is 2.79. The van der Waals surface area contributed by atoms with Crippen LogP contribution in [0.15, 0.2) is 41.0 Å². The smallest absolute Gasteiger partial charge is 0.287 e. The van der Waals surface area contributed by atoms with Crippen molar-refractivity contribution < 1.29 is 19.1 Å². The molecule has 0 saturated carbocycles. The number of amides is 1. The Labute approximate surface area is 199 Å². The number of phenolic OH excluding ortho intramolecular Hbond substituents is 1. The van der Waals surface area contributed by atoms with E-state index in [0.29, 0.717) is 18.3 Å². The summed E-state index contributed by atoms with van der Waals surface area (Å²) in [5.41, 5.74) is 1.09. The zero-order valence-electron chi connectivity index (χ0n) is 20.0. The SMILES string of the molecule is CCOc1cc(CN2CCc3nnc(C(CC(C)C)NC(=O)c4ccco4)n3CC2)ccc1O. The molecule has 1 atom stereocenters. The van der Waals surface area contributed by atoms with E-state index >= 15 is 0 Å². The number of nitrogens with zero attached hydrogens (tertiary/aromatic N) is 4. The lowest BCUT2D eigenvalue weighted by molar-refractivity contribution is 0.0900. The number of benzene rings is 1. The van der Waals surface area contributed by atoms with Crippen LogP contribution in [0, 0.1) is 5.92 Å². The van der Waals surface area contributed by atoms with E-state index in [1.165, 1.54) is 6.26 Å².